The third kappa shape index (κ3) is 4.40. The molecule has 1 N–H and O–H groups in total. The van der Waals surface area contributed by atoms with Crippen molar-refractivity contribution < 1.29 is 13.6 Å². The van der Waals surface area contributed by atoms with Crippen LogP contribution in [0.4, 0.5) is 14.6 Å². The number of piperidine rings is 1. The molecule has 0 bridgehead atoms. The lowest BCUT2D eigenvalue weighted by Gasteiger charge is -2.33. The van der Waals surface area contributed by atoms with Crippen LogP contribution in [0.3, 0.4) is 0 Å². The minimum Gasteiger partial charge on any atom is -0.356 e. The summed E-state index contributed by atoms with van der Waals surface area (Å²) in [6.07, 6.45) is -1.41. The van der Waals surface area contributed by atoms with E-state index in [1.165, 1.54) is 5.56 Å². The van der Waals surface area contributed by atoms with E-state index in [1.807, 2.05) is 48.2 Å². The molecule has 1 fully saturated rings. The lowest BCUT2D eigenvalue weighted by molar-refractivity contribution is -0.125. The molecule has 0 spiro atoms. The minimum atomic E-state index is -2.72. The third-order valence-corrected chi connectivity index (χ3v) is 5.55. The summed E-state index contributed by atoms with van der Waals surface area (Å²) in [6, 6.07) is 15.3. The highest BCUT2D eigenvalue weighted by Crippen LogP contribution is 2.30. The van der Waals surface area contributed by atoms with Crippen molar-refractivity contribution in [2.45, 2.75) is 32.7 Å². The first-order chi connectivity index (χ1) is 14.5. The van der Waals surface area contributed by atoms with Crippen molar-refractivity contribution in [3.63, 3.8) is 0 Å². The van der Waals surface area contributed by atoms with Crippen molar-refractivity contribution in [2.24, 2.45) is 5.92 Å². The first kappa shape index (κ1) is 20.2. The Morgan fingerprint density at radius 1 is 1.10 bits per heavy atom. The average molecular weight is 410 g/mol. The van der Waals surface area contributed by atoms with Crippen molar-refractivity contribution in [2.75, 3.05) is 18.0 Å². The molecule has 30 heavy (non-hydrogen) atoms. The van der Waals surface area contributed by atoms with Crippen LogP contribution in [0, 0.1) is 12.8 Å². The van der Waals surface area contributed by atoms with Gasteiger partial charge in [0.1, 0.15) is 5.82 Å². The second kappa shape index (κ2) is 8.73. The number of fused-ring (bicyclic) bond motifs is 1. The van der Waals surface area contributed by atoms with Crippen molar-refractivity contribution in [1.29, 1.82) is 0 Å². The van der Waals surface area contributed by atoms with E-state index in [2.05, 4.69) is 15.3 Å². The zero-order valence-corrected chi connectivity index (χ0v) is 16.8. The number of nitrogens with one attached hydrogen (secondary N) is 1. The second-order valence-electron chi connectivity index (χ2n) is 7.69. The first-order valence-electron chi connectivity index (χ1n) is 10.1. The highest BCUT2D eigenvalue weighted by Gasteiger charge is 2.27. The van der Waals surface area contributed by atoms with Crippen LogP contribution in [0.15, 0.2) is 48.5 Å². The molecule has 2 aromatic carbocycles. The number of amides is 1. The molecule has 1 saturated heterocycles. The summed E-state index contributed by atoms with van der Waals surface area (Å²) < 4.78 is 26.5. The summed E-state index contributed by atoms with van der Waals surface area (Å²) >= 11 is 0. The van der Waals surface area contributed by atoms with Gasteiger partial charge in [0.2, 0.25) is 5.91 Å². The Morgan fingerprint density at radius 3 is 2.50 bits per heavy atom. The molecule has 0 unspecified atom stereocenters. The van der Waals surface area contributed by atoms with Crippen LogP contribution in [-0.4, -0.2) is 29.0 Å². The molecule has 1 aliphatic rings. The fraction of sp³-hybridized carbons (Fsp3) is 0.348. The molecule has 0 saturated carbocycles. The highest BCUT2D eigenvalue weighted by atomic mass is 19.3. The van der Waals surface area contributed by atoms with Gasteiger partial charge in [0.05, 0.1) is 5.52 Å². The lowest BCUT2D eigenvalue weighted by Crippen LogP contribution is -2.40. The molecular formula is C23H24F2N4O. The number of halogens is 2. The van der Waals surface area contributed by atoms with Crippen molar-refractivity contribution in [3.05, 3.63) is 65.5 Å². The summed E-state index contributed by atoms with van der Waals surface area (Å²) in [5, 5.41) is 3.77. The zero-order valence-electron chi connectivity index (χ0n) is 16.8. The predicted octanol–water partition coefficient (Wildman–Crippen LogP) is 4.41. The van der Waals surface area contributed by atoms with Crippen LogP contribution in [-0.2, 0) is 11.3 Å². The SMILES string of the molecule is Cc1ccc(CNC(=O)C2CCN(c3nc(C(F)F)nc4ccccc34)CC2)cc1. The molecule has 1 aliphatic heterocycles. The summed E-state index contributed by atoms with van der Waals surface area (Å²) in [7, 11) is 0. The number of alkyl halides is 2. The number of hydrogen-bond acceptors (Lipinski definition) is 4. The Labute approximate surface area is 174 Å². The minimum absolute atomic E-state index is 0.0380. The number of nitrogens with zero attached hydrogens (tertiary/aromatic N) is 3. The van der Waals surface area contributed by atoms with E-state index in [1.54, 1.807) is 12.1 Å². The van der Waals surface area contributed by atoms with E-state index in [0.29, 0.717) is 43.8 Å². The van der Waals surface area contributed by atoms with Gasteiger partial charge in [-0.05, 0) is 37.5 Å². The molecular weight excluding hydrogens is 386 g/mol. The van der Waals surface area contributed by atoms with E-state index in [0.717, 1.165) is 10.9 Å². The molecule has 5 nitrogen and oxygen atoms in total. The Hall–Kier alpha value is -3.09. The average Bonchev–Trinajstić information content (AvgIpc) is 2.78. The highest BCUT2D eigenvalue weighted by molar-refractivity contribution is 5.89. The van der Waals surface area contributed by atoms with Gasteiger partial charge < -0.3 is 10.2 Å². The predicted molar refractivity (Wildman–Crippen MR) is 112 cm³/mol. The van der Waals surface area contributed by atoms with Crippen LogP contribution in [0.1, 0.15) is 36.2 Å². The molecule has 3 aromatic rings. The summed E-state index contributed by atoms with van der Waals surface area (Å²) in [5.74, 6) is 0.0153. The van der Waals surface area contributed by atoms with E-state index in [4.69, 9.17) is 0 Å². The van der Waals surface area contributed by atoms with E-state index in [9.17, 15) is 13.6 Å². The number of carbonyl (C=O) groups is 1. The normalized spacial score (nSPS) is 15.0. The first-order valence-corrected chi connectivity index (χ1v) is 10.1. The maximum Gasteiger partial charge on any atom is 0.297 e. The van der Waals surface area contributed by atoms with Gasteiger partial charge in [-0.2, -0.15) is 0 Å². The number of carbonyl (C=O) groups excluding carboxylic acids is 1. The van der Waals surface area contributed by atoms with E-state index in [-0.39, 0.29) is 11.8 Å². The summed E-state index contributed by atoms with van der Waals surface area (Å²) in [4.78, 5) is 22.7. The molecule has 0 atom stereocenters. The Kier molecular flexibility index (Phi) is 5.88. The van der Waals surface area contributed by atoms with Gasteiger partial charge in [0, 0.05) is 30.9 Å². The van der Waals surface area contributed by atoms with Crippen molar-refractivity contribution >= 4 is 22.6 Å². The van der Waals surface area contributed by atoms with E-state index >= 15 is 0 Å². The van der Waals surface area contributed by atoms with Crippen LogP contribution < -0.4 is 10.2 Å². The Balaban J connectivity index is 1.42. The van der Waals surface area contributed by atoms with Gasteiger partial charge in [-0.25, -0.2) is 18.7 Å². The maximum absolute atomic E-state index is 13.3. The third-order valence-electron chi connectivity index (χ3n) is 5.55. The molecule has 0 aliphatic carbocycles. The number of benzene rings is 2. The quantitative estimate of drug-likeness (QED) is 0.677. The fourth-order valence-corrected chi connectivity index (χ4v) is 3.81. The maximum atomic E-state index is 13.3. The number of aromatic nitrogens is 2. The number of para-hydroxylation sites is 1. The van der Waals surface area contributed by atoms with Gasteiger partial charge in [-0.3, -0.25) is 4.79 Å². The van der Waals surface area contributed by atoms with Gasteiger partial charge in [-0.1, -0.05) is 42.0 Å². The molecule has 4 rings (SSSR count). The van der Waals surface area contributed by atoms with Gasteiger partial charge in [0.25, 0.3) is 6.43 Å². The fourth-order valence-electron chi connectivity index (χ4n) is 3.81. The standard InChI is InChI=1S/C23H24F2N4O/c1-15-6-8-16(9-7-15)14-26-23(30)17-10-12-29(13-11-17)22-18-4-2-3-5-19(18)27-21(28-22)20(24)25/h2-9,17,20H,10-14H2,1H3,(H,26,30). The van der Waals surface area contributed by atoms with Crippen LogP contribution in [0.25, 0.3) is 10.9 Å². The molecule has 2 heterocycles. The van der Waals surface area contributed by atoms with Crippen molar-refractivity contribution in [3.8, 4) is 0 Å². The second-order valence-corrected chi connectivity index (χ2v) is 7.69. The smallest absolute Gasteiger partial charge is 0.297 e. The van der Waals surface area contributed by atoms with Crippen molar-refractivity contribution in [1.82, 2.24) is 15.3 Å². The Morgan fingerprint density at radius 2 is 1.80 bits per heavy atom. The monoisotopic (exact) mass is 410 g/mol. The Bertz CT molecular complexity index is 1030. The van der Waals surface area contributed by atoms with Gasteiger partial charge >= 0.3 is 0 Å². The number of aryl methyl sites for hydroxylation is 1. The largest absolute Gasteiger partial charge is 0.356 e. The molecule has 0 radical (unpaired) electrons. The van der Waals surface area contributed by atoms with Gasteiger partial charge in [-0.15, -0.1) is 0 Å². The molecule has 1 aromatic heterocycles. The van der Waals surface area contributed by atoms with Gasteiger partial charge in [0.15, 0.2) is 5.82 Å². The topological polar surface area (TPSA) is 58.1 Å². The molecule has 1 amide bonds. The number of anilines is 1. The summed E-state index contributed by atoms with van der Waals surface area (Å²) in [6.45, 7) is 3.72. The number of rotatable bonds is 5. The van der Waals surface area contributed by atoms with Crippen LogP contribution in [0.2, 0.25) is 0 Å². The lowest BCUT2D eigenvalue weighted by atomic mass is 9.95. The molecule has 156 valence electrons. The van der Waals surface area contributed by atoms with Crippen LogP contribution >= 0.6 is 0 Å². The molecule has 7 heteroatoms. The zero-order chi connectivity index (χ0) is 21.1. The van der Waals surface area contributed by atoms with E-state index < -0.39 is 12.2 Å². The summed E-state index contributed by atoms with van der Waals surface area (Å²) in [5.41, 5.74) is 2.76. The van der Waals surface area contributed by atoms with Crippen LogP contribution in [0.5, 0.6) is 0 Å². The number of hydrogen-bond donors (Lipinski definition) is 1.